The summed E-state index contributed by atoms with van der Waals surface area (Å²) in [6.45, 7) is 0.575. The maximum Gasteiger partial charge on any atom is 0.338 e. The van der Waals surface area contributed by atoms with E-state index in [2.05, 4.69) is 4.98 Å². The molecule has 24 heavy (non-hydrogen) atoms. The van der Waals surface area contributed by atoms with Crippen molar-refractivity contribution in [2.45, 2.75) is 13.2 Å². The van der Waals surface area contributed by atoms with Crippen molar-refractivity contribution < 1.29 is 18.7 Å². The Morgan fingerprint density at radius 2 is 1.79 bits per heavy atom. The van der Waals surface area contributed by atoms with Crippen LogP contribution in [0.3, 0.4) is 0 Å². The first-order valence-corrected chi connectivity index (χ1v) is 7.51. The number of rotatable bonds is 6. The highest BCUT2D eigenvalue weighted by Crippen LogP contribution is 2.18. The summed E-state index contributed by atoms with van der Waals surface area (Å²) < 4.78 is 15.7. The van der Waals surface area contributed by atoms with Gasteiger partial charge in [0.15, 0.2) is 0 Å². The van der Waals surface area contributed by atoms with E-state index in [1.54, 1.807) is 19.2 Å². The Hall–Kier alpha value is -2.92. The lowest BCUT2D eigenvalue weighted by atomic mass is 10.1. The second-order valence-corrected chi connectivity index (χ2v) is 5.22. The molecule has 5 nitrogen and oxygen atoms in total. The monoisotopic (exact) mass is 323 g/mol. The minimum absolute atomic E-state index is 0.0645. The molecule has 0 saturated carbocycles. The van der Waals surface area contributed by atoms with Crippen molar-refractivity contribution in [1.29, 1.82) is 0 Å². The molecule has 3 rings (SSSR count). The quantitative estimate of drug-likeness (QED) is 0.645. The zero-order valence-electron chi connectivity index (χ0n) is 13.3. The molecule has 122 valence electrons. The largest absolute Gasteiger partial charge is 0.455 e. The van der Waals surface area contributed by atoms with Crippen molar-refractivity contribution >= 4 is 5.97 Å². The maximum absolute atomic E-state index is 12.1. The Morgan fingerprint density at radius 1 is 1.04 bits per heavy atom. The Labute approximate surface area is 139 Å². The Morgan fingerprint density at radius 3 is 2.50 bits per heavy atom. The number of hydrogen-bond acceptors (Lipinski definition) is 5. The van der Waals surface area contributed by atoms with Crippen LogP contribution in [0.5, 0.6) is 0 Å². The molecule has 0 aliphatic rings. The number of ether oxygens (including phenoxy) is 2. The second-order valence-electron chi connectivity index (χ2n) is 5.22. The van der Waals surface area contributed by atoms with Gasteiger partial charge in [0.2, 0.25) is 5.89 Å². The number of carbonyl (C=O) groups excluding carboxylic acids is 1. The summed E-state index contributed by atoms with van der Waals surface area (Å²) in [5.41, 5.74) is 2.93. The topological polar surface area (TPSA) is 61.6 Å². The third-order valence-electron chi connectivity index (χ3n) is 3.42. The molecule has 0 unspecified atom stereocenters. The van der Waals surface area contributed by atoms with Crippen molar-refractivity contribution in [2.75, 3.05) is 7.11 Å². The van der Waals surface area contributed by atoms with E-state index < -0.39 is 5.97 Å². The third-order valence-corrected chi connectivity index (χ3v) is 3.42. The van der Waals surface area contributed by atoms with Crippen LogP contribution in [0.2, 0.25) is 0 Å². The van der Waals surface area contributed by atoms with Gasteiger partial charge in [-0.15, -0.1) is 0 Å². The number of oxazole rings is 1. The molecule has 0 saturated heterocycles. The Bertz CT molecular complexity index is 794. The number of aromatic nitrogens is 1. The molecule has 0 fully saturated rings. The Kier molecular flexibility index (Phi) is 5.03. The van der Waals surface area contributed by atoms with Crippen LogP contribution < -0.4 is 0 Å². The van der Waals surface area contributed by atoms with Crippen LogP contribution in [-0.2, 0) is 22.7 Å². The number of hydrogen-bond donors (Lipinski definition) is 0. The van der Waals surface area contributed by atoms with Crippen molar-refractivity contribution in [2.24, 2.45) is 0 Å². The second kappa shape index (κ2) is 7.57. The van der Waals surface area contributed by atoms with Gasteiger partial charge in [-0.25, -0.2) is 9.78 Å². The van der Waals surface area contributed by atoms with E-state index in [1.807, 2.05) is 42.5 Å². The highest BCUT2D eigenvalue weighted by atomic mass is 16.5. The SMILES string of the molecule is COCc1ccc(C(=O)OCc2coc(-c3ccccc3)n2)cc1. The van der Waals surface area contributed by atoms with Crippen LogP contribution in [0, 0.1) is 0 Å². The molecule has 1 heterocycles. The van der Waals surface area contributed by atoms with Gasteiger partial charge in [-0.05, 0) is 29.8 Å². The number of carbonyl (C=O) groups is 1. The van der Waals surface area contributed by atoms with Gasteiger partial charge < -0.3 is 13.9 Å². The minimum atomic E-state index is -0.400. The molecule has 0 bridgehead atoms. The van der Waals surface area contributed by atoms with Gasteiger partial charge >= 0.3 is 5.97 Å². The highest BCUT2D eigenvalue weighted by Gasteiger charge is 2.11. The summed E-state index contributed by atoms with van der Waals surface area (Å²) in [4.78, 5) is 16.4. The fourth-order valence-electron chi connectivity index (χ4n) is 2.21. The smallest absolute Gasteiger partial charge is 0.338 e. The van der Waals surface area contributed by atoms with E-state index in [9.17, 15) is 4.79 Å². The lowest BCUT2D eigenvalue weighted by Crippen LogP contribution is -2.05. The number of methoxy groups -OCH3 is 1. The van der Waals surface area contributed by atoms with Gasteiger partial charge in [0, 0.05) is 12.7 Å². The van der Waals surface area contributed by atoms with Crippen molar-refractivity contribution in [3.63, 3.8) is 0 Å². The van der Waals surface area contributed by atoms with E-state index in [0.717, 1.165) is 11.1 Å². The average Bonchev–Trinajstić information content (AvgIpc) is 3.10. The molecule has 0 amide bonds. The summed E-state index contributed by atoms with van der Waals surface area (Å²) in [5.74, 6) is 0.105. The molecule has 1 aromatic heterocycles. The van der Waals surface area contributed by atoms with Crippen LogP contribution in [0.4, 0.5) is 0 Å². The molecule has 0 radical (unpaired) electrons. The first-order chi connectivity index (χ1) is 11.8. The first kappa shape index (κ1) is 16.0. The predicted molar refractivity (Wildman–Crippen MR) is 88.2 cm³/mol. The van der Waals surface area contributed by atoms with E-state index in [4.69, 9.17) is 13.9 Å². The van der Waals surface area contributed by atoms with Gasteiger partial charge in [0.1, 0.15) is 18.6 Å². The maximum atomic E-state index is 12.1. The van der Waals surface area contributed by atoms with Gasteiger partial charge in [-0.3, -0.25) is 0 Å². The number of esters is 1. The van der Waals surface area contributed by atoms with Crippen molar-refractivity contribution in [3.8, 4) is 11.5 Å². The van der Waals surface area contributed by atoms with E-state index >= 15 is 0 Å². The zero-order chi connectivity index (χ0) is 16.8. The fourth-order valence-corrected chi connectivity index (χ4v) is 2.21. The van der Waals surface area contributed by atoms with Gasteiger partial charge in [-0.2, -0.15) is 0 Å². The van der Waals surface area contributed by atoms with Crippen LogP contribution >= 0.6 is 0 Å². The molecular formula is C19H17NO4. The molecule has 5 heteroatoms. The number of benzene rings is 2. The normalized spacial score (nSPS) is 10.5. The van der Waals surface area contributed by atoms with Crippen LogP contribution in [0.1, 0.15) is 21.6 Å². The molecule has 0 atom stereocenters. The molecule has 0 N–H and O–H groups in total. The molecular weight excluding hydrogens is 306 g/mol. The minimum Gasteiger partial charge on any atom is -0.455 e. The summed E-state index contributed by atoms with van der Waals surface area (Å²) in [6.07, 6.45) is 1.50. The molecule has 0 aliphatic carbocycles. The molecule has 2 aromatic carbocycles. The summed E-state index contributed by atoms with van der Waals surface area (Å²) in [7, 11) is 1.63. The number of nitrogens with zero attached hydrogens (tertiary/aromatic N) is 1. The predicted octanol–water partition coefficient (Wildman–Crippen LogP) is 3.85. The van der Waals surface area contributed by atoms with E-state index in [1.165, 1.54) is 6.26 Å². The summed E-state index contributed by atoms with van der Waals surface area (Å²) >= 11 is 0. The molecule has 0 aliphatic heterocycles. The molecule has 0 spiro atoms. The van der Waals surface area contributed by atoms with Crippen molar-refractivity contribution in [3.05, 3.63) is 77.7 Å². The average molecular weight is 323 g/mol. The van der Waals surface area contributed by atoms with Gasteiger partial charge in [-0.1, -0.05) is 30.3 Å². The Balaban J connectivity index is 1.59. The van der Waals surface area contributed by atoms with Crippen LogP contribution in [0.25, 0.3) is 11.5 Å². The molecule has 3 aromatic rings. The standard InChI is InChI=1S/C19H17NO4/c1-22-11-14-7-9-16(10-8-14)19(21)24-13-17-12-23-18(20-17)15-5-3-2-4-6-15/h2-10,12H,11,13H2,1H3. The lowest BCUT2D eigenvalue weighted by molar-refractivity contribution is 0.0467. The van der Waals surface area contributed by atoms with Crippen LogP contribution in [0.15, 0.2) is 65.3 Å². The van der Waals surface area contributed by atoms with Gasteiger partial charge in [0.05, 0.1) is 12.2 Å². The summed E-state index contributed by atoms with van der Waals surface area (Å²) in [5, 5.41) is 0. The van der Waals surface area contributed by atoms with E-state index in [-0.39, 0.29) is 6.61 Å². The summed E-state index contributed by atoms with van der Waals surface area (Å²) in [6, 6.07) is 16.7. The van der Waals surface area contributed by atoms with Crippen molar-refractivity contribution in [1.82, 2.24) is 4.98 Å². The lowest BCUT2D eigenvalue weighted by Gasteiger charge is -2.04. The van der Waals surface area contributed by atoms with Crippen LogP contribution in [-0.4, -0.2) is 18.1 Å². The highest BCUT2D eigenvalue weighted by molar-refractivity contribution is 5.89. The van der Waals surface area contributed by atoms with E-state index in [0.29, 0.717) is 23.8 Å². The van der Waals surface area contributed by atoms with Gasteiger partial charge in [0.25, 0.3) is 0 Å². The zero-order valence-corrected chi connectivity index (χ0v) is 13.3. The first-order valence-electron chi connectivity index (χ1n) is 7.51. The third kappa shape index (κ3) is 3.88. The fraction of sp³-hybridized carbons (Fsp3) is 0.158.